The molecule has 0 bridgehead atoms. The van der Waals surface area contributed by atoms with Crippen LogP contribution in [0.5, 0.6) is 17.2 Å². The van der Waals surface area contributed by atoms with Gasteiger partial charge in [0, 0.05) is 17.3 Å². The Balaban J connectivity index is 1.53. The van der Waals surface area contributed by atoms with Gasteiger partial charge in [0.2, 0.25) is 0 Å². The molecule has 0 aliphatic carbocycles. The number of nitrogens with zero attached hydrogens (tertiary/aromatic N) is 1. The number of imide groups is 1. The van der Waals surface area contributed by atoms with Crippen LogP contribution >= 0.6 is 0 Å². The molecular weight excluding hydrogens is 439 g/mol. The number of fused-ring (bicyclic) bond motifs is 1. The van der Waals surface area contributed by atoms with Crippen LogP contribution in [-0.2, 0) is 16.1 Å². The lowest BCUT2D eigenvalue weighted by Crippen LogP contribution is -2.32. The number of carbonyl (C=O) groups excluding carboxylic acids is 2. The first kappa shape index (κ1) is 21.5. The molecule has 0 aromatic heterocycles. The SMILES string of the molecule is COc1ccc(C2=C(Nc3ccc4c(c3)OCCO4)C(=O)N(Cc3ccccc3F)C2=O)cc1. The van der Waals surface area contributed by atoms with E-state index in [1.807, 2.05) is 0 Å². The minimum Gasteiger partial charge on any atom is -0.497 e. The van der Waals surface area contributed by atoms with Crippen molar-refractivity contribution in [2.24, 2.45) is 0 Å². The third kappa shape index (κ3) is 3.94. The average Bonchev–Trinajstić information content (AvgIpc) is 3.09. The Morgan fingerprint density at radius 2 is 1.68 bits per heavy atom. The third-order valence-electron chi connectivity index (χ3n) is 5.64. The van der Waals surface area contributed by atoms with Gasteiger partial charge in [0.05, 0.1) is 19.2 Å². The van der Waals surface area contributed by atoms with E-state index in [0.717, 1.165) is 4.90 Å². The Hall–Kier alpha value is -4.33. The van der Waals surface area contributed by atoms with Gasteiger partial charge >= 0.3 is 0 Å². The summed E-state index contributed by atoms with van der Waals surface area (Å²) in [5.74, 6) is 0.222. The largest absolute Gasteiger partial charge is 0.497 e. The van der Waals surface area contributed by atoms with Gasteiger partial charge in [0.25, 0.3) is 11.8 Å². The van der Waals surface area contributed by atoms with Crippen LogP contribution in [0, 0.1) is 5.82 Å². The van der Waals surface area contributed by atoms with Crippen LogP contribution in [0.1, 0.15) is 11.1 Å². The van der Waals surface area contributed by atoms with Crippen LogP contribution in [0.25, 0.3) is 5.57 Å². The minimum atomic E-state index is -0.547. The molecule has 0 fully saturated rings. The second-order valence-electron chi connectivity index (χ2n) is 7.75. The van der Waals surface area contributed by atoms with Crippen LogP contribution in [0.2, 0.25) is 0 Å². The van der Waals surface area contributed by atoms with Crippen molar-refractivity contribution in [3.63, 3.8) is 0 Å². The van der Waals surface area contributed by atoms with E-state index in [2.05, 4.69) is 5.32 Å². The highest BCUT2D eigenvalue weighted by molar-refractivity contribution is 6.36. The van der Waals surface area contributed by atoms with Gasteiger partial charge in [0.15, 0.2) is 11.5 Å². The lowest BCUT2D eigenvalue weighted by Gasteiger charge is -2.19. The normalized spacial score (nSPS) is 15.1. The Kier molecular flexibility index (Phi) is 5.63. The van der Waals surface area contributed by atoms with Crippen LogP contribution in [-0.4, -0.2) is 37.0 Å². The summed E-state index contributed by atoms with van der Waals surface area (Å²) in [7, 11) is 1.55. The molecule has 0 unspecified atom stereocenters. The van der Waals surface area contributed by atoms with Gasteiger partial charge in [-0.3, -0.25) is 14.5 Å². The number of methoxy groups -OCH3 is 1. The molecule has 0 atom stereocenters. The summed E-state index contributed by atoms with van der Waals surface area (Å²) in [6, 6.07) is 18.1. The molecule has 5 rings (SSSR count). The summed E-state index contributed by atoms with van der Waals surface area (Å²) in [5.41, 5.74) is 1.63. The lowest BCUT2D eigenvalue weighted by molar-refractivity contribution is -0.137. The minimum absolute atomic E-state index is 0.100. The molecule has 1 N–H and O–H groups in total. The molecule has 34 heavy (non-hydrogen) atoms. The number of benzene rings is 3. The third-order valence-corrected chi connectivity index (χ3v) is 5.64. The lowest BCUT2D eigenvalue weighted by atomic mass is 10.0. The van der Waals surface area contributed by atoms with Crippen molar-refractivity contribution in [2.75, 3.05) is 25.6 Å². The van der Waals surface area contributed by atoms with E-state index >= 15 is 0 Å². The summed E-state index contributed by atoms with van der Waals surface area (Å²) < 4.78 is 30.7. The first-order valence-corrected chi connectivity index (χ1v) is 10.7. The number of hydrogen-bond donors (Lipinski definition) is 1. The van der Waals surface area contributed by atoms with Crippen LogP contribution in [0.4, 0.5) is 10.1 Å². The molecule has 7 nitrogen and oxygen atoms in total. The molecule has 0 saturated carbocycles. The van der Waals surface area contributed by atoms with Crippen molar-refractivity contribution in [1.29, 1.82) is 0 Å². The molecule has 0 radical (unpaired) electrons. The van der Waals surface area contributed by atoms with Crippen molar-refractivity contribution in [2.45, 2.75) is 6.54 Å². The zero-order valence-electron chi connectivity index (χ0n) is 18.3. The topological polar surface area (TPSA) is 77.1 Å². The maximum Gasteiger partial charge on any atom is 0.278 e. The maximum absolute atomic E-state index is 14.3. The van der Waals surface area contributed by atoms with Crippen molar-refractivity contribution >= 4 is 23.1 Å². The van der Waals surface area contributed by atoms with Crippen LogP contribution in [0.15, 0.2) is 72.4 Å². The maximum atomic E-state index is 14.3. The van der Waals surface area contributed by atoms with E-state index in [1.165, 1.54) is 6.07 Å². The van der Waals surface area contributed by atoms with E-state index in [-0.39, 0.29) is 23.4 Å². The highest BCUT2D eigenvalue weighted by atomic mass is 19.1. The Morgan fingerprint density at radius 3 is 2.41 bits per heavy atom. The summed E-state index contributed by atoms with van der Waals surface area (Å²) in [4.78, 5) is 27.9. The number of anilines is 1. The second-order valence-corrected chi connectivity index (χ2v) is 7.75. The zero-order chi connectivity index (χ0) is 23.7. The van der Waals surface area contributed by atoms with Gasteiger partial charge in [-0.1, -0.05) is 30.3 Å². The van der Waals surface area contributed by atoms with Gasteiger partial charge in [-0.2, -0.15) is 0 Å². The fourth-order valence-electron chi connectivity index (χ4n) is 3.92. The summed E-state index contributed by atoms with van der Waals surface area (Å²) in [6.07, 6.45) is 0. The van der Waals surface area contributed by atoms with Gasteiger partial charge in [-0.15, -0.1) is 0 Å². The van der Waals surface area contributed by atoms with Gasteiger partial charge in [-0.25, -0.2) is 4.39 Å². The van der Waals surface area contributed by atoms with Gasteiger partial charge in [0.1, 0.15) is 30.5 Å². The molecule has 0 spiro atoms. The number of amides is 2. The summed E-state index contributed by atoms with van der Waals surface area (Å²) in [5, 5.41) is 3.09. The molecule has 2 aliphatic heterocycles. The molecule has 8 heteroatoms. The Labute approximate surface area is 195 Å². The molecule has 172 valence electrons. The van der Waals surface area contributed by atoms with E-state index in [4.69, 9.17) is 14.2 Å². The second kappa shape index (κ2) is 8.90. The van der Waals surface area contributed by atoms with Crippen LogP contribution < -0.4 is 19.5 Å². The smallest absolute Gasteiger partial charge is 0.278 e. The molecule has 2 amide bonds. The number of halogens is 1. The number of nitrogens with one attached hydrogen (secondary N) is 1. The highest BCUT2D eigenvalue weighted by Crippen LogP contribution is 2.36. The van der Waals surface area contributed by atoms with E-state index in [0.29, 0.717) is 41.7 Å². The first-order valence-electron chi connectivity index (χ1n) is 10.7. The van der Waals surface area contributed by atoms with E-state index in [9.17, 15) is 14.0 Å². The molecule has 3 aromatic carbocycles. The van der Waals surface area contributed by atoms with Crippen molar-refractivity contribution in [1.82, 2.24) is 4.90 Å². The first-order chi connectivity index (χ1) is 16.5. The predicted molar refractivity (Wildman–Crippen MR) is 123 cm³/mol. The van der Waals surface area contributed by atoms with Crippen molar-refractivity contribution in [3.05, 3.63) is 89.4 Å². The number of carbonyl (C=O) groups is 2. The average molecular weight is 460 g/mol. The Morgan fingerprint density at radius 1 is 0.941 bits per heavy atom. The van der Waals surface area contributed by atoms with Crippen molar-refractivity contribution in [3.8, 4) is 17.2 Å². The highest BCUT2D eigenvalue weighted by Gasteiger charge is 2.39. The molecule has 3 aromatic rings. The number of ether oxygens (including phenoxy) is 3. The summed E-state index contributed by atoms with van der Waals surface area (Å²) >= 11 is 0. The Bertz CT molecular complexity index is 1300. The standard InChI is InChI=1S/C26H21FN2O5/c1-32-19-9-6-16(7-10-19)23-24(28-18-8-11-21-22(14-18)34-13-12-33-21)26(31)29(25(23)30)15-17-4-2-3-5-20(17)27/h2-11,14,28H,12-13,15H2,1H3. The zero-order valence-corrected chi connectivity index (χ0v) is 18.3. The summed E-state index contributed by atoms with van der Waals surface area (Å²) in [6.45, 7) is 0.699. The van der Waals surface area contributed by atoms with E-state index in [1.54, 1.807) is 67.8 Å². The fraction of sp³-hybridized carbons (Fsp3) is 0.154. The monoisotopic (exact) mass is 460 g/mol. The molecule has 0 saturated heterocycles. The molecule has 2 aliphatic rings. The molecule has 2 heterocycles. The van der Waals surface area contributed by atoms with Crippen LogP contribution in [0.3, 0.4) is 0 Å². The van der Waals surface area contributed by atoms with Gasteiger partial charge in [-0.05, 0) is 35.9 Å². The predicted octanol–water partition coefficient (Wildman–Crippen LogP) is 4.00. The van der Waals surface area contributed by atoms with Gasteiger partial charge < -0.3 is 19.5 Å². The fourth-order valence-corrected chi connectivity index (χ4v) is 3.92. The van der Waals surface area contributed by atoms with Crippen molar-refractivity contribution < 1.29 is 28.2 Å². The molecular formula is C26H21FN2O5. The van der Waals surface area contributed by atoms with E-state index < -0.39 is 17.6 Å². The quantitative estimate of drug-likeness (QED) is 0.561. The number of rotatable bonds is 6. The number of hydrogen-bond acceptors (Lipinski definition) is 6.